The number of rotatable bonds is 3. The Morgan fingerprint density at radius 2 is 1.90 bits per heavy atom. The summed E-state index contributed by atoms with van der Waals surface area (Å²) < 4.78 is 22.8. The van der Waals surface area contributed by atoms with E-state index in [2.05, 4.69) is 10.6 Å². The van der Waals surface area contributed by atoms with E-state index in [1.807, 2.05) is 25.1 Å². The molecule has 0 atom stereocenters. The fourth-order valence-electron chi connectivity index (χ4n) is 2.35. The van der Waals surface area contributed by atoms with Gasteiger partial charge < -0.3 is 10.6 Å². The summed E-state index contributed by atoms with van der Waals surface area (Å²) in [7, 11) is -2.82. The third-order valence-corrected chi connectivity index (χ3v) is 5.18. The van der Waals surface area contributed by atoms with Crippen molar-refractivity contribution in [3.8, 4) is 0 Å². The summed E-state index contributed by atoms with van der Waals surface area (Å²) in [5.41, 5.74) is 2.74. The van der Waals surface area contributed by atoms with Crippen molar-refractivity contribution in [3.05, 3.63) is 23.8 Å². The first-order valence-corrected chi connectivity index (χ1v) is 8.53. The van der Waals surface area contributed by atoms with Gasteiger partial charge >= 0.3 is 0 Å². The molecule has 6 heteroatoms. The maximum atomic E-state index is 11.4. The van der Waals surface area contributed by atoms with Gasteiger partial charge in [0, 0.05) is 24.3 Å². The lowest BCUT2D eigenvalue weighted by Crippen LogP contribution is -2.32. The number of amides is 1. The first kappa shape index (κ1) is 14.8. The van der Waals surface area contributed by atoms with Crippen molar-refractivity contribution >= 4 is 27.1 Å². The molecule has 2 rings (SSSR count). The van der Waals surface area contributed by atoms with Gasteiger partial charge in [-0.1, -0.05) is 0 Å². The van der Waals surface area contributed by atoms with Crippen LogP contribution in [0.1, 0.15) is 25.3 Å². The van der Waals surface area contributed by atoms with Crippen LogP contribution >= 0.6 is 0 Å². The molecule has 20 heavy (non-hydrogen) atoms. The summed E-state index contributed by atoms with van der Waals surface area (Å²) in [6, 6.07) is 5.93. The van der Waals surface area contributed by atoms with Gasteiger partial charge in [0.05, 0.1) is 11.5 Å². The molecular weight excluding hydrogens is 276 g/mol. The van der Waals surface area contributed by atoms with Gasteiger partial charge in [-0.3, -0.25) is 4.79 Å². The average Bonchev–Trinajstić information content (AvgIpc) is 2.35. The summed E-state index contributed by atoms with van der Waals surface area (Å²) in [6.07, 6.45) is 1.30. The molecule has 1 fully saturated rings. The quantitative estimate of drug-likeness (QED) is 0.894. The lowest BCUT2D eigenvalue weighted by molar-refractivity contribution is -0.114. The molecule has 110 valence electrons. The van der Waals surface area contributed by atoms with Crippen molar-refractivity contribution in [3.63, 3.8) is 0 Å². The molecule has 2 N–H and O–H groups in total. The zero-order valence-electron chi connectivity index (χ0n) is 11.8. The second-order valence-corrected chi connectivity index (χ2v) is 7.58. The van der Waals surface area contributed by atoms with Crippen LogP contribution in [-0.4, -0.2) is 31.9 Å². The molecule has 1 aliphatic heterocycles. The second-order valence-electron chi connectivity index (χ2n) is 5.28. The van der Waals surface area contributed by atoms with E-state index in [1.165, 1.54) is 6.92 Å². The molecule has 0 bridgehead atoms. The Hall–Kier alpha value is -1.56. The summed E-state index contributed by atoms with van der Waals surface area (Å²) >= 11 is 0. The largest absolute Gasteiger partial charge is 0.382 e. The summed E-state index contributed by atoms with van der Waals surface area (Å²) in [5.74, 6) is 0.424. The number of sulfone groups is 1. The molecule has 1 saturated heterocycles. The number of nitrogens with one attached hydrogen (secondary N) is 2. The number of aryl methyl sites for hydroxylation is 1. The van der Waals surface area contributed by atoms with E-state index in [-0.39, 0.29) is 23.5 Å². The Morgan fingerprint density at radius 1 is 1.25 bits per heavy atom. The van der Waals surface area contributed by atoms with Crippen LogP contribution in [0, 0.1) is 6.92 Å². The molecule has 1 heterocycles. The predicted molar refractivity (Wildman–Crippen MR) is 80.8 cm³/mol. The molecule has 1 aliphatic rings. The highest BCUT2D eigenvalue weighted by atomic mass is 32.2. The number of benzene rings is 1. The predicted octanol–water partition coefficient (Wildman–Crippen LogP) is 1.94. The second kappa shape index (κ2) is 5.83. The molecule has 0 unspecified atom stereocenters. The van der Waals surface area contributed by atoms with Crippen LogP contribution in [0.25, 0.3) is 0 Å². The van der Waals surface area contributed by atoms with Gasteiger partial charge in [-0.2, -0.15) is 0 Å². The Labute approximate surface area is 119 Å². The first-order valence-electron chi connectivity index (χ1n) is 6.71. The topological polar surface area (TPSA) is 75.3 Å². The van der Waals surface area contributed by atoms with Crippen LogP contribution in [0.2, 0.25) is 0 Å². The van der Waals surface area contributed by atoms with Crippen molar-refractivity contribution in [2.45, 2.75) is 32.7 Å². The monoisotopic (exact) mass is 296 g/mol. The SMILES string of the molecule is CC(=O)Nc1ccc(NC2CCS(=O)(=O)CC2)cc1C. The minimum Gasteiger partial charge on any atom is -0.382 e. The molecule has 0 aliphatic carbocycles. The van der Waals surface area contributed by atoms with E-state index >= 15 is 0 Å². The van der Waals surface area contributed by atoms with E-state index in [0.29, 0.717) is 12.8 Å². The molecule has 0 spiro atoms. The van der Waals surface area contributed by atoms with Gasteiger partial charge in [0.2, 0.25) is 5.91 Å². The number of anilines is 2. The van der Waals surface area contributed by atoms with Crippen molar-refractivity contribution < 1.29 is 13.2 Å². The van der Waals surface area contributed by atoms with Crippen LogP contribution in [0.4, 0.5) is 11.4 Å². The van der Waals surface area contributed by atoms with Crippen LogP contribution in [0.3, 0.4) is 0 Å². The molecule has 1 aromatic carbocycles. The van der Waals surface area contributed by atoms with E-state index in [1.54, 1.807) is 0 Å². The van der Waals surface area contributed by atoms with Crippen LogP contribution in [0.15, 0.2) is 18.2 Å². The Kier molecular flexibility index (Phi) is 4.32. The summed E-state index contributed by atoms with van der Waals surface area (Å²) in [5, 5.41) is 6.13. The summed E-state index contributed by atoms with van der Waals surface area (Å²) in [6.45, 7) is 3.41. The van der Waals surface area contributed by atoms with Gasteiger partial charge in [0.1, 0.15) is 9.84 Å². The molecule has 0 radical (unpaired) electrons. The molecule has 1 amide bonds. The van der Waals surface area contributed by atoms with Crippen molar-refractivity contribution in [1.29, 1.82) is 0 Å². The molecule has 5 nitrogen and oxygen atoms in total. The maximum Gasteiger partial charge on any atom is 0.221 e. The minimum atomic E-state index is -2.82. The third-order valence-electron chi connectivity index (χ3n) is 3.46. The zero-order valence-corrected chi connectivity index (χ0v) is 12.6. The lowest BCUT2D eigenvalue weighted by Gasteiger charge is -2.24. The van der Waals surface area contributed by atoms with Gasteiger partial charge in [0.15, 0.2) is 0 Å². The highest BCUT2D eigenvalue weighted by molar-refractivity contribution is 7.91. The fourth-order valence-corrected chi connectivity index (χ4v) is 3.84. The Bertz CT molecular complexity index is 597. The maximum absolute atomic E-state index is 11.4. The van der Waals surface area contributed by atoms with Gasteiger partial charge in [-0.25, -0.2) is 8.42 Å². The van der Waals surface area contributed by atoms with Crippen LogP contribution in [0.5, 0.6) is 0 Å². The van der Waals surface area contributed by atoms with E-state index in [9.17, 15) is 13.2 Å². The number of hydrogen-bond donors (Lipinski definition) is 2. The third kappa shape index (κ3) is 3.96. The highest BCUT2D eigenvalue weighted by Gasteiger charge is 2.23. The van der Waals surface area contributed by atoms with Gasteiger partial charge in [-0.15, -0.1) is 0 Å². The molecular formula is C14H20N2O3S. The zero-order chi connectivity index (χ0) is 14.8. The number of carbonyl (C=O) groups is 1. The van der Waals surface area contributed by atoms with E-state index < -0.39 is 9.84 Å². The van der Waals surface area contributed by atoms with Crippen LogP contribution in [-0.2, 0) is 14.6 Å². The van der Waals surface area contributed by atoms with Gasteiger partial charge in [-0.05, 0) is 43.5 Å². The number of carbonyl (C=O) groups excluding carboxylic acids is 1. The van der Waals surface area contributed by atoms with Crippen molar-refractivity contribution in [1.82, 2.24) is 0 Å². The number of hydrogen-bond acceptors (Lipinski definition) is 4. The first-order chi connectivity index (χ1) is 9.35. The standard InChI is InChI=1S/C14H20N2O3S/c1-10-9-13(3-4-14(10)15-11(2)17)16-12-5-7-20(18,19)8-6-12/h3-4,9,12,16H,5-8H2,1-2H3,(H,15,17). The van der Waals surface area contributed by atoms with Crippen molar-refractivity contribution in [2.75, 3.05) is 22.1 Å². The average molecular weight is 296 g/mol. The van der Waals surface area contributed by atoms with E-state index in [4.69, 9.17) is 0 Å². The van der Waals surface area contributed by atoms with Crippen molar-refractivity contribution in [2.24, 2.45) is 0 Å². The Morgan fingerprint density at radius 3 is 2.45 bits per heavy atom. The Balaban J connectivity index is 2.00. The summed E-state index contributed by atoms with van der Waals surface area (Å²) in [4.78, 5) is 11.0. The fraction of sp³-hybridized carbons (Fsp3) is 0.500. The van der Waals surface area contributed by atoms with Crippen LogP contribution < -0.4 is 10.6 Å². The van der Waals surface area contributed by atoms with Gasteiger partial charge in [0.25, 0.3) is 0 Å². The normalized spacial score (nSPS) is 18.5. The molecule has 1 aromatic rings. The molecule has 0 saturated carbocycles. The lowest BCUT2D eigenvalue weighted by atomic mass is 10.1. The molecule has 0 aromatic heterocycles. The smallest absolute Gasteiger partial charge is 0.221 e. The van der Waals surface area contributed by atoms with E-state index in [0.717, 1.165) is 16.9 Å². The minimum absolute atomic E-state index is 0.0914. The highest BCUT2D eigenvalue weighted by Crippen LogP contribution is 2.22.